The zero-order valence-corrected chi connectivity index (χ0v) is 21.7. The molecule has 1 aliphatic rings. The van der Waals surface area contributed by atoms with Crippen molar-refractivity contribution in [1.82, 2.24) is 10.7 Å². The van der Waals surface area contributed by atoms with Gasteiger partial charge in [0.25, 0.3) is 5.91 Å². The van der Waals surface area contributed by atoms with E-state index in [9.17, 15) is 14.4 Å². The largest absolute Gasteiger partial charge is 0.493 e. The summed E-state index contributed by atoms with van der Waals surface area (Å²) in [5.41, 5.74) is 6.21. The number of carbonyl (C=O) groups is 3. The number of methoxy groups -OCH3 is 1. The van der Waals surface area contributed by atoms with E-state index in [0.717, 1.165) is 22.4 Å². The van der Waals surface area contributed by atoms with Crippen LogP contribution in [0.25, 0.3) is 0 Å². The third-order valence-corrected chi connectivity index (χ3v) is 5.69. The van der Waals surface area contributed by atoms with Crippen LogP contribution in [0.1, 0.15) is 22.3 Å². The van der Waals surface area contributed by atoms with Crippen LogP contribution < -0.4 is 35.0 Å². The molecule has 0 aromatic heterocycles. The third-order valence-electron chi connectivity index (χ3n) is 5.69. The van der Waals surface area contributed by atoms with Gasteiger partial charge in [0.1, 0.15) is 0 Å². The third kappa shape index (κ3) is 7.25. The fraction of sp³-hybridized carbons (Fsp3) is 0.214. The van der Waals surface area contributed by atoms with E-state index in [0.29, 0.717) is 28.6 Å². The Kier molecular flexibility index (Phi) is 8.62. The zero-order chi connectivity index (χ0) is 27.8. The molecule has 3 aromatic carbocycles. The number of fused-ring (bicyclic) bond motifs is 1. The molecule has 3 aromatic rings. The Bertz CT molecular complexity index is 1420. The van der Waals surface area contributed by atoms with Gasteiger partial charge in [-0.05, 0) is 72.5 Å². The number of carbonyl (C=O) groups excluding carboxylic acids is 3. The van der Waals surface area contributed by atoms with Gasteiger partial charge in [-0.1, -0.05) is 18.2 Å². The standard InChI is InChI=1S/C28H28N4O7/c1-17-4-5-18(2)21(10-17)31-26(33)15-37-22-8-7-20(11-24(22)36-3)14-30-32-28(35)27(34)29-13-19-6-9-23-25(12-19)39-16-38-23/h4-12,14H,13,15-16H2,1-3H3,(H,29,34)(H,31,33)(H,32,35)/b30-14-. The van der Waals surface area contributed by atoms with E-state index < -0.39 is 11.8 Å². The maximum absolute atomic E-state index is 12.4. The predicted molar refractivity (Wildman–Crippen MR) is 143 cm³/mol. The van der Waals surface area contributed by atoms with Crippen LogP contribution in [0.3, 0.4) is 0 Å². The monoisotopic (exact) mass is 532 g/mol. The van der Waals surface area contributed by atoms with Crippen molar-refractivity contribution in [2.24, 2.45) is 5.10 Å². The van der Waals surface area contributed by atoms with E-state index in [1.807, 2.05) is 32.0 Å². The molecule has 0 saturated heterocycles. The molecule has 1 aliphatic heterocycles. The van der Waals surface area contributed by atoms with Gasteiger partial charge in [-0.3, -0.25) is 14.4 Å². The number of ether oxygens (including phenoxy) is 4. The number of anilines is 1. The predicted octanol–water partition coefficient (Wildman–Crippen LogP) is 2.82. The van der Waals surface area contributed by atoms with Crippen molar-refractivity contribution < 1.29 is 33.3 Å². The molecule has 11 nitrogen and oxygen atoms in total. The number of amides is 3. The van der Waals surface area contributed by atoms with Crippen molar-refractivity contribution in [1.29, 1.82) is 0 Å². The van der Waals surface area contributed by atoms with Crippen LogP contribution in [-0.4, -0.2) is 44.4 Å². The number of benzene rings is 3. The van der Waals surface area contributed by atoms with Gasteiger partial charge in [0.05, 0.1) is 13.3 Å². The van der Waals surface area contributed by atoms with E-state index in [1.165, 1.54) is 13.3 Å². The SMILES string of the molecule is COc1cc(/C=N\NC(=O)C(=O)NCc2ccc3c(c2)OCO3)ccc1OCC(=O)Nc1cc(C)ccc1C. The highest BCUT2D eigenvalue weighted by atomic mass is 16.7. The highest BCUT2D eigenvalue weighted by Gasteiger charge is 2.16. The van der Waals surface area contributed by atoms with Crippen molar-refractivity contribution in [2.75, 3.05) is 25.8 Å². The second-order valence-corrected chi connectivity index (χ2v) is 8.63. The minimum atomic E-state index is -0.922. The van der Waals surface area contributed by atoms with Crippen molar-refractivity contribution in [2.45, 2.75) is 20.4 Å². The Balaban J connectivity index is 1.25. The van der Waals surface area contributed by atoms with Crippen LogP contribution in [0.15, 0.2) is 59.7 Å². The van der Waals surface area contributed by atoms with E-state index >= 15 is 0 Å². The topological polar surface area (TPSA) is 137 Å². The van der Waals surface area contributed by atoms with Crippen molar-refractivity contribution in [3.63, 3.8) is 0 Å². The molecule has 0 unspecified atom stereocenters. The van der Waals surface area contributed by atoms with Gasteiger partial charge in [-0.2, -0.15) is 5.10 Å². The minimum absolute atomic E-state index is 0.133. The highest BCUT2D eigenvalue weighted by Crippen LogP contribution is 2.32. The second-order valence-electron chi connectivity index (χ2n) is 8.63. The van der Waals surface area contributed by atoms with E-state index in [4.69, 9.17) is 18.9 Å². The Morgan fingerprint density at radius 1 is 0.949 bits per heavy atom. The molecule has 39 heavy (non-hydrogen) atoms. The lowest BCUT2D eigenvalue weighted by atomic mass is 10.1. The smallest absolute Gasteiger partial charge is 0.329 e. The Labute approximate surface area is 225 Å². The molecule has 1 heterocycles. The highest BCUT2D eigenvalue weighted by molar-refractivity contribution is 6.35. The summed E-state index contributed by atoms with van der Waals surface area (Å²) in [5.74, 6) is -0.130. The molecule has 0 fully saturated rings. The normalized spacial score (nSPS) is 11.7. The summed E-state index contributed by atoms with van der Waals surface area (Å²) in [6, 6.07) is 15.9. The molecule has 11 heteroatoms. The summed E-state index contributed by atoms with van der Waals surface area (Å²) < 4.78 is 21.5. The van der Waals surface area contributed by atoms with Gasteiger partial charge in [0, 0.05) is 12.2 Å². The van der Waals surface area contributed by atoms with Gasteiger partial charge in [-0.15, -0.1) is 0 Å². The first-order valence-electron chi connectivity index (χ1n) is 12.0. The fourth-order valence-electron chi connectivity index (χ4n) is 3.61. The Morgan fingerprint density at radius 2 is 1.77 bits per heavy atom. The average Bonchev–Trinajstić information content (AvgIpc) is 3.40. The van der Waals surface area contributed by atoms with Crippen molar-refractivity contribution in [3.8, 4) is 23.0 Å². The lowest BCUT2D eigenvalue weighted by molar-refractivity contribution is -0.139. The maximum Gasteiger partial charge on any atom is 0.329 e. The lowest BCUT2D eigenvalue weighted by Crippen LogP contribution is -2.37. The van der Waals surface area contributed by atoms with Gasteiger partial charge < -0.3 is 29.6 Å². The molecule has 0 atom stereocenters. The quantitative estimate of drug-likeness (QED) is 0.219. The van der Waals surface area contributed by atoms with Gasteiger partial charge in [0.15, 0.2) is 29.6 Å². The molecular weight excluding hydrogens is 504 g/mol. The lowest BCUT2D eigenvalue weighted by Gasteiger charge is -2.12. The molecule has 0 saturated carbocycles. The summed E-state index contributed by atoms with van der Waals surface area (Å²) in [6.07, 6.45) is 1.35. The number of rotatable bonds is 9. The first-order chi connectivity index (χ1) is 18.8. The van der Waals surface area contributed by atoms with E-state index in [-0.39, 0.29) is 25.9 Å². The molecule has 0 aliphatic carbocycles. The molecule has 0 bridgehead atoms. The summed E-state index contributed by atoms with van der Waals surface area (Å²) >= 11 is 0. The first kappa shape index (κ1) is 27.0. The van der Waals surface area contributed by atoms with Crippen molar-refractivity contribution in [3.05, 3.63) is 76.9 Å². The molecule has 0 radical (unpaired) electrons. The molecule has 3 N–H and O–H groups in total. The number of hydrogen-bond donors (Lipinski definition) is 3. The Hall–Kier alpha value is -5.06. The van der Waals surface area contributed by atoms with Gasteiger partial charge in [0.2, 0.25) is 6.79 Å². The Morgan fingerprint density at radius 3 is 2.59 bits per heavy atom. The number of nitrogens with zero attached hydrogens (tertiary/aromatic N) is 1. The number of nitrogens with one attached hydrogen (secondary N) is 3. The van der Waals surface area contributed by atoms with Gasteiger partial charge in [-0.25, -0.2) is 5.43 Å². The van der Waals surface area contributed by atoms with Crippen LogP contribution in [0.5, 0.6) is 23.0 Å². The second kappa shape index (κ2) is 12.5. The number of hydrogen-bond acceptors (Lipinski definition) is 8. The van der Waals surface area contributed by atoms with Gasteiger partial charge >= 0.3 is 11.8 Å². The molecule has 0 spiro atoms. The number of hydrazone groups is 1. The summed E-state index contributed by atoms with van der Waals surface area (Å²) in [6.45, 7) is 3.93. The fourth-order valence-corrected chi connectivity index (χ4v) is 3.61. The molecule has 4 rings (SSSR count). The first-order valence-corrected chi connectivity index (χ1v) is 12.0. The molecule has 3 amide bonds. The van der Waals surface area contributed by atoms with Crippen LogP contribution in [-0.2, 0) is 20.9 Å². The van der Waals surface area contributed by atoms with E-state index in [1.54, 1.807) is 36.4 Å². The van der Waals surface area contributed by atoms with Crippen LogP contribution in [0.2, 0.25) is 0 Å². The van der Waals surface area contributed by atoms with Crippen LogP contribution >= 0.6 is 0 Å². The zero-order valence-electron chi connectivity index (χ0n) is 21.7. The number of aryl methyl sites for hydroxylation is 2. The summed E-state index contributed by atoms with van der Waals surface area (Å²) in [7, 11) is 1.46. The van der Waals surface area contributed by atoms with Crippen LogP contribution in [0, 0.1) is 13.8 Å². The van der Waals surface area contributed by atoms with Crippen LogP contribution in [0.4, 0.5) is 5.69 Å². The van der Waals surface area contributed by atoms with E-state index in [2.05, 4.69) is 21.2 Å². The summed E-state index contributed by atoms with van der Waals surface area (Å²) in [4.78, 5) is 36.5. The average molecular weight is 533 g/mol. The molecular formula is C28H28N4O7. The summed E-state index contributed by atoms with van der Waals surface area (Å²) in [5, 5.41) is 9.18. The maximum atomic E-state index is 12.4. The molecule has 202 valence electrons. The minimum Gasteiger partial charge on any atom is -0.493 e. The van der Waals surface area contributed by atoms with Crippen molar-refractivity contribution >= 4 is 29.6 Å².